The Morgan fingerprint density at radius 3 is 2.59 bits per heavy atom. The zero-order chi connectivity index (χ0) is 22.3. The molecule has 2 aromatic carbocycles. The molecule has 164 valence electrons. The number of hydrogen-bond acceptors (Lipinski definition) is 5. The summed E-state index contributed by atoms with van der Waals surface area (Å²) in [6, 6.07) is 16.0. The van der Waals surface area contributed by atoms with Crippen molar-refractivity contribution >= 4 is 17.5 Å². The van der Waals surface area contributed by atoms with Crippen LogP contribution in [0, 0.1) is 0 Å². The highest BCUT2D eigenvalue weighted by atomic mass is 16.5. The van der Waals surface area contributed by atoms with Crippen LogP contribution < -0.4 is 20.1 Å². The zero-order valence-electron chi connectivity index (χ0n) is 17.8. The first kappa shape index (κ1) is 21.4. The second kappa shape index (κ2) is 9.96. The third kappa shape index (κ3) is 5.43. The summed E-state index contributed by atoms with van der Waals surface area (Å²) in [6.45, 7) is 2.63. The molecule has 1 aliphatic carbocycles. The molecule has 7 nitrogen and oxygen atoms in total. The summed E-state index contributed by atoms with van der Waals surface area (Å²) in [5.41, 5.74) is 2.23. The second-order valence-electron chi connectivity index (χ2n) is 7.49. The van der Waals surface area contributed by atoms with Gasteiger partial charge >= 0.3 is 0 Å². The number of nitrogens with one attached hydrogen (secondary N) is 2. The summed E-state index contributed by atoms with van der Waals surface area (Å²) >= 11 is 0. The quantitative estimate of drug-likeness (QED) is 0.530. The fourth-order valence-electron chi connectivity index (χ4n) is 3.16. The molecule has 0 radical (unpaired) electrons. The van der Waals surface area contributed by atoms with E-state index in [0.717, 1.165) is 18.4 Å². The molecule has 7 heteroatoms. The van der Waals surface area contributed by atoms with Crippen LogP contribution in [0.25, 0.3) is 0 Å². The summed E-state index contributed by atoms with van der Waals surface area (Å²) in [5, 5.41) is 5.80. The lowest BCUT2D eigenvalue weighted by Crippen LogP contribution is -2.27. The molecule has 1 saturated carbocycles. The SMILES string of the molecule is CCOc1cc(C(=O)Nc2ccccc2C(=O)NC2CC2)ccc1OCc1cccnc1. The van der Waals surface area contributed by atoms with E-state index in [2.05, 4.69) is 15.6 Å². The monoisotopic (exact) mass is 431 g/mol. The molecule has 2 N–H and O–H groups in total. The number of benzene rings is 2. The summed E-state index contributed by atoms with van der Waals surface area (Å²) in [5.74, 6) is 0.495. The molecule has 1 aromatic heterocycles. The van der Waals surface area contributed by atoms with Crippen LogP contribution in [0.5, 0.6) is 11.5 Å². The topological polar surface area (TPSA) is 89.5 Å². The average molecular weight is 431 g/mol. The molecule has 1 aliphatic rings. The van der Waals surface area contributed by atoms with Crippen molar-refractivity contribution < 1.29 is 19.1 Å². The minimum Gasteiger partial charge on any atom is -0.490 e. The number of hydrogen-bond donors (Lipinski definition) is 2. The maximum Gasteiger partial charge on any atom is 0.255 e. The van der Waals surface area contributed by atoms with Crippen LogP contribution in [0.2, 0.25) is 0 Å². The Labute approximate surface area is 186 Å². The number of nitrogens with zero attached hydrogens (tertiary/aromatic N) is 1. The van der Waals surface area contributed by atoms with E-state index in [1.165, 1.54) is 0 Å². The van der Waals surface area contributed by atoms with E-state index in [4.69, 9.17) is 9.47 Å². The highest BCUT2D eigenvalue weighted by molar-refractivity contribution is 6.09. The Kier molecular flexibility index (Phi) is 6.65. The minimum absolute atomic E-state index is 0.183. The van der Waals surface area contributed by atoms with Gasteiger partial charge in [-0.15, -0.1) is 0 Å². The van der Waals surface area contributed by atoms with E-state index in [9.17, 15) is 9.59 Å². The van der Waals surface area contributed by atoms with E-state index in [0.29, 0.717) is 41.5 Å². The van der Waals surface area contributed by atoms with Gasteiger partial charge in [-0.2, -0.15) is 0 Å². The van der Waals surface area contributed by atoms with E-state index in [-0.39, 0.29) is 17.9 Å². The molecule has 0 atom stereocenters. The first-order valence-corrected chi connectivity index (χ1v) is 10.6. The van der Waals surface area contributed by atoms with Gasteiger partial charge in [0.05, 0.1) is 17.9 Å². The summed E-state index contributed by atoms with van der Waals surface area (Å²) < 4.78 is 11.6. The van der Waals surface area contributed by atoms with Crippen LogP contribution in [0.15, 0.2) is 67.0 Å². The van der Waals surface area contributed by atoms with Gasteiger partial charge in [0.25, 0.3) is 11.8 Å². The lowest BCUT2D eigenvalue weighted by Gasteiger charge is -2.14. The Hall–Kier alpha value is -3.87. The van der Waals surface area contributed by atoms with Gasteiger partial charge in [-0.25, -0.2) is 0 Å². The number of amides is 2. The van der Waals surface area contributed by atoms with E-state index in [1.54, 1.807) is 54.9 Å². The first-order chi connectivity index (χ1) is 15.6. The van der Waals surface area contributed by atoms with E-state index in [1.807, 2.05) is 19.1 Å². The van der Waals surface area contributed by atoms with Gasteiger partial charge < -0.3 is 20.1 Å². The zero-order valence-corrected chi connectivity index (χ0v) is 17.8. The molecule has 0 spiro atoms. The lowest BCUT2D eigenvalue weighted by molar-refractivity contribution is 0.0952. The second-order valence-corrected chi connectivity index (χ2v) is 7.49. The van der Waals surface area contributed by atoms with Gasteiger partial charge in [0.15, 0.2) is 11.5 Å². The molecule has 4 rings (SSSR count). The number of pyridine rings is 1. The summed E-state index contributed by atoms with van der Waals surface area (Å²) in [6.07, 6.45) is 5.43. The first-order valence-electron chi connectivity index (χ1n) is 10.6. The Morgan fingerprint density at radius 2 is 1.84 bits per heavy atom. The lowest BCUT2D eigenvalue weighted by atomic mass is 10.1. The molecule has 32 heavy (non-hydrogen) atoms. The Morgan fingerprint density at radius 1 is 1.00 bits per heavy atom. The Balaban J connectivity index is 1.49. The maximum absolute atomic E-state index is 12.9. The number of rotatable bonds is 9. The van der Waals surface area contributed by atoms with Crippen LogP contribution in [-0.4, -0.2) is 29.4 Å². The van der Waals surface area contributed by atoms with Crippen LogP contribution in [0.1, 0.15) is 46.0 Å². The fourth-order valence-corrected chi connectivity index (χ4v) is 3.16. The van der Waals surface area contributed by atoms with Gasteiger partial charge in [-0.3, -0.25) is 14.6 Å². The highest BCUT2D eigenvalue weighted by Gasteiger charge is 2.25. The van der Waals surface area contributed by atoms with Crippen molar-refractivity contribution in [2.75, 3.05) is 11.9 Å². The summed E-state index contributed by atoms with van der Waals surface area (Å²) in [4.78, 5) is 29.5. The van der Waals surface area contributed by atoms with Gasteiger partial charge in [0, 0.05) is 29.6 Å². The molecule has 1 fully saturated rings. The number of anilines is 1. The van der Waals surface area contributed by atoms with Gasteiger partial charge in [-0.1, -0.05) is 18.2 Å². The van der Waals surface area contributed by atoms with Crippen LogP contribution in [-0.2, 0) is 6.61 Å². The van der Waals surface area contributed by atoms with Crippen molar-refractivity contribution in [3.8, 4) is 11.5 Å². The predicted octanol–water partition coefficient (Wildman–Crippen LogP) is 4.20. The fraction of sp³-hybridized carbons (Fsp3) is 0.240. The van der Waals surface area contributed by atoms with Gasteiger partial charge in [0.2, 0.25) is 0 Å². The largest absolute Gasteiger partial charge is 0.490 e. The third-order valence-corrected chi connectivity index (χ3v) is 4.96. The van der Waals surface area contributed by atoms with Gasteiger partial charge in [-0.05, 0) is 56.2 Å². The molecule has 0 unspecified atom stereocenters. The number of para-hydroxylation sites is 1. The molecule has 2 amide bonds. The molecule has 3 aromatic rings. The molecule has 1 heterocycles. The molecule has 0 aliphatic heterocycles. The summed E-state index contributed by atoms with van der Waals surface area (Å²) in [7, 11) is 0. The predicted molar refractivity (Wildman–Crippen MR) is 121 cm³/mol. The average Bonchev–Trinajstić information content (AvgIpc) is 3.63. The number of ether oxygens (including phenoxy) is 2. The molecular weight excluding hydrogens is 406 g/mol. The van der Waals surface area contributed by atoms with Crippen molar-refractivity contribution in [1.82, 2.24) is 10.3 Å². The van der Waals surface area contributed by atoms with Crippen LogP contribution in [0.3, 0.4) is 0 Å². The van der Waals surface area contributed by atoms with Crippen molar-refractivity contribution in [2.45, 2.75) is 32.4 Å². The number of carbonyl (C=O) groups is 2. The molecular formula is C25H25N3O4. The normalized spacial score (nSPS) is 12.7. The smallest absolute Gasteiger partial charge is 0.255 e. The molecule has 0 saturated heterocycles. The maximum atomic E-state index is 12.9. The van der Waals surface area contributed by atoms with Crippen molar-refractivity contribution in [3.05, 3.63) is 83.7 Å². The van der Waals surface area contributed by atoms with Crippen LogP contribution >= 0.6 is 0 Å². The molecule has 0 bridgehead atoms. The van der Waals surface area contributed by atoms with Crippen molar-refractivity contribution in [3.63, 3.8) is 0 Å². The van der Waals surface area contributed by atoms with Gasteiger partial charge in [0.1, 0.15) is 6.61 Å². The van der Waals surface area contributed by atoms with Crippen LogP contribution in [0.4, 0.5) is 5.69 Å². The minimum atomic E-state index is -0.337. The Bertz CT molecular complexity index is 1100. The standard InChI is InChI=1S/C25H25N3O4/c1-2-31-23-14-18(9-12-22(23)32-16-17-6-5-13-26-15-17)24(29)28-21-8-4-3-7-20(21)25(30)27-19-10-11-19/h3-9,12-15,19H,2,10-11,16H2,1H3,(H,27,30)(H,28,29). The van der Waals surface area contributed by atoms with Crippen molar-refractivity contribution in [1.29, 1.82) is 0 Å². The number of aromatic nitrogens is 1. The highest BCUT2D eigenvalue weighted by Crippen LogP contribution is 2.30. The van der Waals surface area contributed by atoms with E-state index < -0.39 is 0 Å². The van der Waals surface area contributed by atoms with E-state index >= 15 is 0 Å². The van der Waals surface area contributed by atoms with Crippen molar-refractivity contribution in [2.24, 2.45) is 0 Å². The third-order valence-electron chi connectivity index (χ3n) is 4.96. The number of carbonyl (C=O) groups excluding carboxylic acids is 2.